The fourth-order valence-electron chi connectivity index (χ4n) is 3.07. The molecular formula is C12H20N4O2S. The molecule has 0 spiro atoms. The van der Waals surface area contributed by atoms with Gasteiger partial charge in [-0.1, -0.05) is 13.3 Å². The first-order valence-electron chi connectivity index (χ1n) is 7.01. The molecule has 2 aliphatic heterocycles. The number of fused-ring (bicyclic) bond motifs is 1. The predicted octanol–water partition coefficient (Wildman–Crippen LogP) is 0.972. The van der Waals surface area contributed by atoms with Crippen LogP contribution in [0.3, 0.4) is 0 Å². The SMILES string of the molecule is CCC1NCCn2c1nnc2C1CCCCS1(=O)=O. The van der Waals surface area contributed by atoms with Crippen molar-refractivity contribution in [2.24, 2.45) is 0 Å². The summed E-state index contributed by atoms with van der Waals surface area (Å²) >= 11 is 0. The van der Waals surface area contributed by atoms with Crippen molar-refractivity contribution >= 4 is 9.84 Å². The fourth-order valence-corrected chi connectivity index (χ4v) is 4.98. The lowest BCUT2D eigenvalue weighted by Crippen LogP contribution is -2.35. The Morgan fingerprint density at radius 1 is 1.32 bits per heavy atom. The molecular weight excluding hydrogens is 264 g/mol. The monoisotopic (exact) mass is 284 g/mol. The maximum atomic E-state index is 12.2. The average Bonchev–Trinajstić information content (AvgIpc) is 2.82. The van der Waals surface area contributed by atoms with Gasteiger partial charge in [-0.15, -0.1) is 10.2 Å². The van der Waals surface area contributed by atoms with Crippen molar-refractivity contribution < 1.29 is 8.42 Å². The van der Waals surface area contributed by atoms with Crippen molar-refractivity contribution in [1.29, 1.82) is 0 Å². The second-order valence-electron chi connectivity index (χ2n) is 5.33. The van der Waals surface area contributed by atoms with Crippen LogP contribution in [0, 0.1) is 0 Å². The molecule has 1 aromatic rings. The molecule has 7 heteroatoms. The van der Waals surface area contributed by atoms with Crippen LogP contribution in [0.25, 0.3) is 0 Å². The van der Waals surface area contributed by atoms with Crippen LogP contribution in [0.15, 0.2) is 0 Å². The lowest BCUT2D eigenvalue weighted by Gasteiger charge is -2.27. The van der Waals surface area contributed by atoms with E-state index in [0.29, 0.717) is 12.2 Å². The zero-order valence-corrected chi connectivity index (χ0v) is 12.0. The maximum Gasteiger partial charge on any atom is 0.160 e. The summed E-state index contributed by atoms with van der Waals surface area (Å²) in [6.07, 6.45) is 3.36. The maximum absolute atomic E-state index is 12.2. The minimum atomic E-state index is -3.05. The fraction of sp³-hybridized carbons (Fsp3) is 0.833. The van der Waals surface area contributed by atoms with Gasteiger partial charge in [0, 0.05) is 13.1 Å². The van der Waals surface area contributed by atoms with E-state index in [1.807, 2.05) is 4.57 Å². The molecule has 0 radical (unpaired) electrons. The van der Waals surface area contributed by atoms with Crippen molar-refractivity contribution in [2.45, 2.75) is 50.4 Å². The summed E-state index contributed by atoms with van der Waals surface area (Å²) < 4.78 is 26.5. The number of nitrogens with one attached hydrogen (secondary N) is 1. The Labute approximate surface area is 113 Å². The largest absolute Gasteiger partial charge is 0.311 e. The molecule has 0 saturated carbocycles. The van der Waals surface area contributed by atoms with Crippen LogP contribution in [-0.2, 0) is 16.4 Å². The van der Waals surface area contributed by atoms with E-state index in [2.05, 4.69) is 22.4 Å². The Balaban J connectivity index is 2.00. The summed E-state index contributed by atoms with van der Waals surface area (Å²) in [6.45, 7) is 3.71. The standard InChI is InChI=1S/C12H20N4O2S/c1-2-9-11-14-15-12(16(11)7-6-13-9)10-5-3-4-8-19(10,17)18/h9-10,13H,2-8H2,1H3. The molecule has 1 aromatic heterocycles. The summed E-state index contributed by atoms with van der Waals surface area (Å²) in [5, 5.41) is 11.4. The van der Waals surface area contributed by atoms with Crippen molar-refractivity contribution in [1.82, 2.24) is 20.1 Å². The van der Waals surface area contributed by atoms with Gasteiger partial charge < -0.3 is 9.88 Å². The van der Waals surface area contributed by atoms with E-state index in [-0.39, 0.29) is 11.8 Å². The third-order valence-corrected chi connectivity index (χ3v) is 6.29. The van der Waals surface area contributed by atoms with Crippen molar-refractivity contribution in [2.75, 3.05) is 12.3 Å². The minimum Gasteiger partial charge on any atom is -0.311 e. The molecule has 19 heavy (non-hydrogen) atoms. The van der Waals surface area contributed by atoms with Gasteiger partial charge in [-0.25, -0.2) is 8.42 Å². The highest BCUT2D eigenvalue weighted by Crippen LogP contribution is 2.34. The normalized spacial score (nSPS) is 29.9. The Hall–Kier alpha value is -0.950. The second kappa shape index (κ2) is 4.86. The molecule has 2 atom stereocenters. The first kappa shape index (κ1) is 13.1. The first-order valence-corrected chi connectivity index (χ1v) is 8.73. The third-order valence-electron chi connectivity index (χ3n) is 4.12. The molecule has 3 heterocycles. The second-order valence-corrected chi connectivity index (χ2v) is 7.64. The van der Waals surface area contributed by atoms with Crippen LogP contribution in [0.5, 0.6) is 0 Å². The highest BCUT2D eigenvalue weighted by molar-refractivity contribution is 7.91. The molecule has 6 nitrogen and oxygen atoms in total. The molecule has 2 unspecified atom stereocenters. The minimum absolute atomic E-state index is 0.196. The molecule has 3 rings (SSSR count). The van der Waals surface area contributed by atoms with Crippen LogP contribution in [0.2, 0.25) is 0 Å². The number of nitrogens with zero attached hydrogens (tertiary/aromatic N) is 3. The number of aromatic nitrogens is 3. The van der Waals surface area contributed by atoms with Gasteiger partial charge >= 0.3 is 0 Å². The Kier molecular flexibility index (Phi) is 3.34. The van der Waals surface area contributed by atoms with E-state index in [9.17, 15) is 8.42 Å². The van der Waals surface area contributed by atoms with Gasteiger partial charge in [-0.05, 0) is 19.3 Å². The average molecular weight is 284 g/mol. The number of sulfone groups is 1. The van der Waals surface area contributed by atoms with Crippen molar-refractivity contribution in [3.8, 4) is 0 Å². The van der Waals surface area contributed by atoms with Gasteiger partial charge in [-0.2, -0.15) is 0 Å². The summed E-state index contributed by atoms with van der Waals surface area (Å²) in [7, 11) is -3.05. The predicted molar refractivity (Wildman–Crippen MR) is 71.4 cm³/mol. The van der Waals surface area contributed by atoms with Gasteiger partial charge in [-0.3, -0.25) is 0 Å². The van der Waals surface area contributed by atoms with Gasteiger partial charge in [0.15, 0.2) is 15.7 Å². The van der Waals surface area contributed by atoms with Crippen LogP contribution >= 0.6 is 0 Å². The molecule has 0 amide bonds. The van der Waals surface area contributed by atoms with Gasteiger partial charge in [0.05, 0.1) is 11.8 Å². The van der Waals surface area contributed by atoms with E-state index in [4.69, 9.17) is 0 Å². The Morgan fingerprint density at radius 3 is 2.84 bits per heavy atom. The molecule has 106 valence electrons. The van der Waals surface area contributed by atoms with E-state index in [0.717, 1.165) is 38.2 Å². The summed E-state index contributed by atoms with van der Waals surface area (Å²) in [5.41, 5.74) is 0. The van der Waals surface area contributed by atoms with Crippen molar-refractivity contribution in [3.05, 3.63) is 11.6 Å². The third kappa shape index (κ3) is 2.18. The van der Waals surface area contributed by atoms with E-state index < -0.39 is 15.1 Å². The number of hydrogen-bond donors (Lipinski definition) is 1. The van der Waals surface area contributed by atoms with Crippen LogP contribution in [0.1, 0.15) is 55.5 Å². The van der Waals surface area contributed by atoms with Gasteiger partial charge in [0.25, 0.3) is 0 Å². The lowest BCUT2D eigenvalue weighted by atomic mass is 10.1. The molecule has 0 aromatic carbocycles. The smallest absolute Gasteiger partial charge is 0.160 e. The van der Waals surface area contributed by atoms with Crippen molar-refractivity contribution in [3.63, 3.8) is 0 Å². The number of rotatable bonds is 2. The van der Waals surface area contributed by atoms with Crippen LogP contribution in [-0.4, -0.2) is 35.5 Å². The van der Waals surface area contributed by atoms with E-state index >= 15 is 0 Å². The molecule has 1 saturated heterocycles. The van der Waals surface area contributed by atoms with E-state index in [1.54, 1.807) is 0 Å². The van der Waals surface area contributed by atoms with Crippen LogP contribution in [0.4, 0.5) is 0 Å². The Morgan fingerprint density at radius 2 is 2.11 bits per heavy atom. The molecule has 2 aliphatic rings. The first-order chi connectivity index (χ1) is 9.13. The topological polar surface area (TPSA) is 76.9 Å². The molecule has 1 fully saturated rings. The zero-order valence-electron chi connectivity index (χ0n) is 11.2. The summed E-state index contributed by atoms with van der Waals surface area (Å²) in [5.74, 6) is 1.84. The summed E-state index contributed by atoms with van der Waals surface area (Å²) in [6, 6.07) is 0.196. The zero-order chi connectivity index (χ0) is 13.5. The molecule has 0 bridgehead atoms. The highest BCUT2D eigenvalue weighted by atomic mass is 32.2. The molecule has 1 N–H and O–H groups in total. The van der Waals surface area contributed by atoms with Gasteiger partial charge in [0.1, 0.15) is 11.1 Å². The number of hydrogen-bond acceptors (Lipinski definition) is 5. The highest BCUT2D eigenvalue weighted by Gasteiger charge is 2.36. The lowest BCUT2D eigenvalue weighted by molar-refractivity contribution is 0.396. The molecule has 0 aliphatic carbocycles. The van der Waals surface area contributed by atoms with Crippen LogP contribution < -0.4 is 5.32 Å². The Bertz CT molecular complexity index is 566. The van der Waals surface area contributed by atoms with Gasteiger partial charge in [0.2, 0.25) is 0 Å². The van der Waals surface area contributed by atoms with E-state index in [1.165, 1.54) is 0 Å². The quantitative estimate of drug-likeness (QED) is 0.875. The summed E-state index contributed by atoms with van der Waals surface area (Å²) in [4.78, 5) is 0.